The Kier molecular flexibility index (Phi) is 23.2. The van der Waals surface area contributed by atoms with Gasteiger partial charge in [-0.25, -0.2) is 0 Å². The lowest BCUT2D eigenvalue weighted by Crippen LogP contribution is -2.63. The van der Waals surface area contributed by atoms with Crippen molar-refractivity contribution in [1.29, 1.82) is 0 Å². The fourth-order valence-electron chi connectivity index (χ4n) is 10.9. The Morgan fingerprint density at radius 2 is 0.815 bits per heavy atom. The number of nitrogens with zero attached hydrogens (tertiary/aromatic N) is 3. The molecule has 3 fully saturated rings. The molecule has 0 spiro atoms. The number of benzene rings is 6. The summed E-state index contributed by atoms with van der Waals surface area (Å²) in [6.07, 6.45) is -10.1. The number of rotatable bonds is 29. The third-order valence-electron chi connectivity index (χ3n) is 15.3. The molecule has 2 heterocycles. The van der Waals surface area contributed by atoms with E-state index in [4.69, 9.17) is 57.6 Å². The molecule has 2 N–H and O–H groups in total. The summed E-state index contributed by atoms with van der Waals surface area (Å²) in [6, 6.07) is 59.2. The summed E-state index contributed by atoms with van der Waals surface area (Å²) in [7, 11) is 0. The van der Waals surface area contributed by atoms with Crippen molar-refractivity contribution in [3.05, 3.63) is 226 Å². The lowest BCUT2D eigenvalue weighted by atomic mass is 9.80. The van der Waals surface area contributed by atoms with E-state index in [0.717, 1.165) is 33.4 Å². The van der Waals surface area contributed by atoms with Crippen LogP contribution in [0.2, 0.25) is 0 Å². The molecule has 0 bridgehead atoms. The maximum Gasteiger partial charge on any atom is 0.185 e. The minimum Gasteiger partial charge on any atom is -0.390 e. The van der Waals surface area contributed by atoms with Crippen molar-refractivity contribution in [2.24, 2.45) is 22.9 Å². The standard InChI is InChI=1S/C65H77N3O13/c1-45-59(78-54-35-53(42-71-36-47-21-9-3-10-22-47)57(69)58(70)63(54)77-41-52-31-19-8-20-32-52)55(43-72-37-48-23-11-4-12-24-48)80-65(62(45)76-40-51-29-17-7-18-30-51)81-60-46(2)61(75-39-50-27-15-6-16-28-50)64(74-34-33-67-68-66)79-56(60)44-73-38-49-25-13-5-14-26-49/h3-32,45-46,53-65,69-70H,33-44H2,1-2H3/t45-,46?,53?,54-,55?,56-,57-,58-,59+,60-,61?,62?,63?,64+,65-/m0/s1. The molecule has 3 aliphatic rings. The van der Waals surface area contributed by atoms with Crippen LogP contribution in [0, 0.1) is 17.8 Å². The highest BCUT2D eigenvalue weighted by atomic mass is 16.7. The molecule has 1 saturated carbocycles. The molecule has 9 rings (SSSR count). The third kappa shape index (κ3) is 17.3. The molecule has 6 aromatic carbocycles. The molecular weight excluding hydrogens is 1030 g/mol. The van der Waals surface area contributed by atoms with E-state index < -0.39 is 91.4 Å². The highest BCUT2D eigenvalue weighted by Gasteiger charge is 2.54. The largest absolute Gasteiger partial charge is 0.390 e. The summed E-state index contributed by atoms with van der Waals surface area (Å²) in [6.45, 7) is 6.32. The molecule has 1 aliphatic carbocycles. The van der Waals surface area contributed by atoms with Crippen LogP contribution in [0.3, 0.4) is 0 Å². The van der Waals surface area contributed by atoms with Crippen molar-refractivity contribution < 1.29 is 62.3 Å². The maximum absolute atomic E-state index is 12.1. The van der Waals surface area contributed by atoms with E-state index in [1.807, 2.05) is 189 Å². The van der Waals surface area contributed by atoms with Crippen molar-refractivity contribution in [2.75, 3.05) is 33.0 Å². The molecule has 16 nitrogen and oxygen atoms in total. The number of aliphatic hydroxyl groups excluding tert-OH is 2. The molecule has 16 heteroatoms. The highest BCUT2D eigenvalue weighted by molar-refractivity contribution is 5.18. The Balaban J connectivity index is 1.04. The van der Waals surface area contributed by atoms with Crippen molar-refractivity contribution in [3.8, 4) is 0 Å². The Morgan fingerprint density at radius 1 is 0.444 bits per heavy atom. The topological polar surface area (TPSA) is 191 Å². The molecule has 0 aromatic heterocycles. The molecule has 0 amide bonds. The van der Waals surface area contributed by atoms with Gasteiger partial charge in [0.25, 0.3) is 0 Å². The van der Waals surface area contributed by atoms with E-state index in [2.05, 4.69) is 16.9 Å². The second kappa shape index (κ2) is 31.5. The van der Waals surface area contributed by atoms with Crippen molar-refractivity contribution in [3.63, 3.8) is 0 Å². The minimum atomic E-state index is -1.32. The summed E-state index contributed by atoms with van der Waals surface area (Å²) in [5, 5.41) is 27.6. The van der Waals surface area contributed by atoms with Gasteiger partial charge in [-0.05, 0) is 45.3 Å². The predicted molar refractivity (Wildman–Crippen MR) is 303 cm³/mol. The normalized spacial score (nSPS) is 28.5. The fraction of sp³-hybridized carbons (Fsp3) is 0.446. The first-order chi connectivity index (χ1) is 39.8. The van der Waals surface area contributed by atoms with Crippen LogP contribution in [0.15, 0.2) is 187 Å². The predicted octanol–water partition coefficient (Wildman–Crippen LogP) is 10.3. The molecule has 15 atom stereocenters. The summed E-state index contributed by atoms with van der Waals surface area (Å²) in [5.74, 6) is -1.35. The second-order valence-electron chi connectivity index (χ2n) is 21.1. The first-order valence-electron chi connectivity index (χ1n) is 28.2. The van der Waals surface area contributed by atoms with Gasteiger partial charge in [0, 0.05) is 29.2 Å². The quantitative estimate of drug-likeness (QED) is 0.0195. The number of hydrogen-bond donors (Lipinski definition) is 2. The maximum atomic E-state index is 12.1. The Bertz CT molecular complexity index is 2730. The van der Waals surface area contributed by atoms with Gasteiger partial charge in [-0.15, -0.1) is 0 Å². The smallest absolute Gasteiger partial charge is 0.185 e. The summed E-state index contributed by atoms with van der Waals surface area (Å²) >= 11 is 0. The number of ether oxygens (including phenoxy) is 11. The van der Waals surface area contributed by atoms with Crippen LogP contribution >= 0.6 is 0 Å². The fourth-order valence-corrected chi connectivity index (χ4v) is 10.9. The third-order valence-corrected chi connectivity index (χ3v) is 15.3. The van der Waals surface area contributed by atoms with Crippen LogP contribution in [-0.2, 0) is 91.7 Å². The minimum absolute atomic E-state index is 0.0937. The van der Waals surface area contributed by atoms with E-state index in [1.54, 1.807) is 0 Å². The summed E-state index contributed by atoms with van der Waals surface area (Å²) in [5.41, 5.74) is 14.9. The molecule has 430 valence electrons. The molecule has 0 radical (unpaired) electrons. The van der Waals surface area contributed by atoms with Gasteiger partial charge in [0.05, 0.1) is 90.5 Å². The van der Waals surface area contributed by atoms with Crippen molar-refractivity contribution in [1.82, 2.24) is 0 Å². The van der Waals surface area contributed by atoms with Gasteiger partial charge in [-0.2, -0.15) is 0 Å². The second-order valence-corrected chi connectivity index (χ2v) is 21.1. The molecule has 6 unspecified atom stereocenters. The zero-order valence-corrected chi connectivity index (χ0v) is 46.2. The molecule has 6 aromatic rings. The van der Waals surface area contributed by atoms with Crippen molar-refractivity contribution >= 4 is 0 Å². The first-order valence-corrected chi connectivity index (χ1v) is 28.2. The molecular formula is C65H77N3O13. The molecule has 2 saturated heterocycles. The van der Waals surface area contributed by atoms with Crippen molar-refractivity contribution in [2.45, 2.75) is 134 Å². The van der Waals surface area contributed by atoms with Gasteiger partial charge in [-0.1, -0.05) is 201 Å². The Labute approximate surface area is 475 Å². The van der Waals surface area contributed by atoms with Crippen LogP contribution in [0.1, 0.15) is 53.6 Å². The number of hydrogen-bond acceptors (Lipinski definition) is 14. The van der Waals surface area contributed by atoms with Crippen LogP contribution in [0.25, 0.3) is 10.4 Å². The van der Waals surface area contributed by atoms with Gasteiger partial charge in [0.2, 0.25) is 0 Å². The van der Waals surface area contributed by atoms with E-state index in [0.29, 0.717) is 26.2 Å². The number of aliphatic hydroxyl groups is 2. The zero-order valence-electron chi connectivity index (χ0n) is 46.2. The molecule has 81 heavy (non-hydrogen) atoms. The van der Waals surface area contributed by atoms with Gasteiger partial charge in [0.15, 0.2) is 12.6 Å². The van der Waals surface area contributed by atoms with Gasteiger partial charge in [0.1, 0.15) is 36.6 Å². The van der Waals surface area contributed by atoms with E-state index in [1.165, 1.54) is 0 Å². The van der Waals surface area contributed by atoms with E-state index in [-0.39, 0.29) is 52.8 Å². The zero-order chi connectivity index (χ0) is 56.0. The average molecular weight is 1110 g/mol. The monoisotopic (exact) mass is 1110 g/mol. The number of azide groups is 1. The lowest BCUT2D eigenvalue weighted by molar-refractivity contribution is -0.363. The van der Waals surface area contributed by atoms with E-state index >= 15 is 0 Å². The van der Waals surface area contributed by atoms with Crippen LogP contribution in [0.5, 0.6) is 0 Å². The first kappa shape index (κ1) is 59.7. The van der Waals surface area contributed by atoms with Gasteiger partial charge in [-0.3, -0.25) is 0 Å². The lowest BCUT2D eigenvalue weighted by Gasteiger charge is -2.51. The SMILES string of the molecule is CC1C(OCc2ccccc2)[C@H](OCCN=[N+]=[N-])O[C@@H](COCc2ccccc2)[C@H]1O[C@@H]1OC(COCc2ccccc2)[C@H](O[C@H]2CC(COCc3ccccc3)[C@H](O)[C@H](O)C2OCc2ccccc2)[C@H](C)C1OCc1ccccc1. The van der Waals surface area contributed by atoms with Crippen LogP contribution < -0.4 is 0 Å². The highest BCUT2D eigenvalue weighted by Crippen LogP contribution is 2.40. The Morgan fingerprint density at radius 3 is 1.25 bits per heavy atom. The summed E-state index contributed by atoms with van der Waals surface area (Å²) in [4.78, 5) is 2.93. The molecule has 2 aliphatic heterocycles. The van der Waals surface area contributed by atoms with E-state index in [9.17, 15) is 10.2 Å². The Hall–Kier alpha value is -5.89. The summed E-state index contributed by atoms with van der Waals surface area (Å²) < 4.78 is 74.9. The van der Waals surface area contributed by atoms with Gasteiger partial charge < -0.3 is 62.3 Å². The van der Waals surface area contributed by atoms with Gasteiger partial charge >= 0.3 is 0 Å². The average Bonchev–Trinajstić information content (AvgIpc) is 3.68. The van der Waals surface area contributed by atoms with Crippen LogP contribution in [-0.4, -0.2) is 117 Å². The van der Waals surface area contributed by atoms with Crippen LogP contribution in [0.4, 0.5) is 0 Å².